The van der Waals surface area contributed by atoms with Gasteiger partial charge in [0.15, 0.2) is 5.69 Å². The van der Waals surface area contributed by atoms with Gasteiger partial charge in [-0.3, -0.25) is 4.98 Å². The lowest BCUT2D eigenvalue weighted by Crippen LogP contribution is -2.21. The van der Waals surface area contributed by atoms with Crippen LogP contribution in [0.25, 0.3) is 0 Å². The average Bonchev–Trinajstić information content (AvgIpc) is 2.41. The van der Waals surface area contributed by atoms with Crippen LogP contribution in [-0.2, 0) is 0 Å². The first-order valence-electron chi connectivity index (χ1n) is 5.75. The molecule has 0 aliphatic heterocycles. The average molecular weight is 272 g/mol. The second-order valence-electron chi connectivity index (χ2n) is 3.97. The van der Waals surface area contributed by atoms with Gasteiger partial charge in [-0.15, -0.1) is 0 Å². The number of aromatic nitrogens is 2. The van der Waals surface area contributed by atoms with E-state index in [9.17, 15) is 9.59 Å². The summed E-state index contributed by atoms with van der Waals surface area (Å²) in [5.41, 5.74) is 1.24. The summed E-state index contributed by atoms with van der Waals surface area (Å²) in [6.07, 6.45) is 2.85. The summed E-state index contributed by atoms with van der Waals surface area (Å²) < 4.78 is 0. The number of urea groups is 1. The maximum Gasteiger partial charge on any atom is 0.356 e. The highest BCUT2D eigenvalue weighted by molar-refractivity contribution is 6.03. The molecule has 2 rings (SSSR count). The summed E-state index contributed by atoms with van der Waals surface area (Å²) in [5, 5.41) is 13.9. The SMILES string of the molecule is Cc1ccc(NC(=O)Nc2cccnc2C(=O)O)cn1. The molecule has 0 radical (unpaired) electrons. The third-order valence-corrected chi connectivity index (χ3v) is 2.43. The topological polar surface area (TPSA) is 104 Å². The zero-order valence-corrected chi connectivity index (χ0v) is 10.6. The second kappa shape index (κ2) is 5.79. The number of amides is 2. The summed E-state index contributed by atoms with van der Waals surface area (Å²) in [6, 6.07) is 5.89. The van der Waals surface area contributed by atoms with Gasteiger partial charge in [-0.1, -0.05) is 0 Å². The molecular weight excluding hydrogens is 260 g/mol. The molecule has 0 saturated carbocycles. The molecular formula is C13H12N4O3. The molecule has 0 aromatic carbocycles. The van der Waals surface area contributed by atoms with Crippen LogP contribution in [0.15, 0.2) is 36.7 Å². The smallest absolute Gasteiger partial charge is 0.356 e. The van der Waals surface area contributed by atoms with Crippen molar-refractivity contribution in [1.29, 1.82) is 0 Å². The first-order chi connectivity index (χ1) is 9.56. The number of carboxylic acids is 1. The Morgan fingerprint density at radius 1 is 1.15 bits per heavy atom. The summed E-state index contributed by atoms with van der Waals surface area (Å²) in [5.74, 6) is -1.21. The molecule has 0 aliphatic rings. The number of nitrogens with one attached hydrogen (secondary N) is 2. The summed E-state index contributed by atoms with van der Waals surface area (Å²) >= 11 is 0. The van der Waals surface area contributed by atoms with Crippen LogP contribution in [0, 0.1) is 6.92 Å². The van der Waals surface area contributed by atoms with E-state index in [0.717, 1.165) is 5.69 Å². The molecule has 0 fully saturated rings. The Balaban J connectivity index is 2.08. The van der Waals surface area contributed by atoms with Crippen LogP contribution in [0.4, 0.5) is 16.2 Å². The number of hydrogen-bond acceptors (Lipinski definition) is 4. The van der Waals surface area contributed by atoms with Gasteiger partial charge in [0.1, 0.15) is 0 Å². The molecule has 0 saturated heterocycles. The number of aryl methyl sites for hydroxylation is 1. The van der Waals surface area contributed by atoms with Crippen molar-refractivity contribution in [3.8, 4) is 0 Å². The highest BCUT2D eigenvalue weighted by Gasteiger charge is 2.13. The molecule has 2 amide bonds. The fourth-order valence-corrected chi connectivity index (χ4v) is 1.50. The monoisotopic (exact) mass is 272 g/mol. The van der Waals surface area contributed by atoms with Gasteiger partial charge in [-0.05, 0) is 31.2 Å². The van der Waals surface area contributed by atoms with Crippen LogP contribution >= 0.6 is 0 Å². The predicted octanol–water partition coefficient (Wildman–Crippen LogP) is 2.13. The first kappa shape index (κ1) is 13.5. The van der Waals surface area contributed by atoms with Crippen molar-refractivity contribution >= 4 is 23.4 Å². The Labute approximate surface area is 114 Å². The molecule has 20 heavy (non-hydrogen) atoms. The zero-order chi connectivity index (χ0) is 14.5. The minimum Gasteiger partial charge on any atom is -0.476 e. The minimum absolute atomic E-state index is 0.123. The molecule has 2 aromatic rings. The second-order valence-corrected chi connectivity index (χ2v) is 3.97. The Kier molecular flexibility index (Phi) is 3.90. The van der Waals surface area contributed by atoms with Crippen molar-refractivity contribution < 1.29 is 14.7 Å². The Morgan fingerprint density at radius 2 is 1.95 bits per heavy atom. The van der Waals surface area contributed by atoms with Gasteiger partial charge in [0.2, 0.25) is 0 Å². The van der Waals surface area contributed by atoms with Gasteiger partial charge in [0.05, 0.1) is 17.6 Å². The van der Waals surface area contributed by atoms with Gasteiger partial charge in [0, 0.05) is 11.9 Å². The van der Waals surface area contributed by atoms with E-state index in [1.54, 1.807) is 12.1 Å². The van der Waals surface area contributed by atoms with Crippen molar-refractivity contribution in [3.05, 3.63) is 48.0 Å². The van der Waals surface area contributed by atoms with Gasteiger partial charge < -0.3 is 15.7 Å². The van der Waals surface area contributed by atoms with E-state index >= 15 is 0 Å². The number of nitrogens with zero attached hydrogens (tertiary/aromatic N) is 2. The number of rotatable bonds is 3. The van der Waals surface area contributed by atoms with Gasteiger partial charge in [-0.2, -0.15) is 0 Å². The Morgan fingerprint density at radius 3 is 2.60 bits per heavy atom. The number of pyridine rings is 2. The van der Waals surface area contributed by atoms with Crippen molar-refractivity contribution in [1.82, 2.24) is 9.97 Å². The maximum absolute atomic E-state index is 11.8. The van der Waals surface area contributed by atoms with Crippen molar-refractivity contribution in [2.45, 2.75) is 6.92 Å². The van der Waals surface area contributed by atoms with Crippen LogP contribution in [0.5, 0.6) is 0 Å². The number of carbonyl (C=O) groups is 2. The van der Waals surface area contributed by atoms with Crippen LogP contribution in [0.3, 0.4) is 0 Å². The molecule has 7 nitrogen and oxygen atoms in total. The van der Waals surface area contributed by atoms with Crippen LogP contribution in [0.2, 0.25) is 0 Å². The molecule has 3 N–H and O–H groups in total. The van der Waals surface area contributed by atoms with E-state index < -0.39 is 12.0 Å². The van der Waals surface area contributed by atoms with Crippen molar-refractivity contribution in [3.63, 3.8) is 0 Å². The van der Waals surface area contributed by atoms with Crippen molar-refractivity contribution in [2.24, 2.45) is 0 Å². The third-order valence-electron chi connectivity index (χ3n) is 2.43. The van der Waals surface area contributed by atoms with Crippen LogP contribution in [0.1, 0.15) is 16.2 Å². The maximum atomic E-state index is 11.8. The fraction of sp³-hybridized carbons (Fsp3) is 0.0769. The summed E-state index contributed by atoms with van der Waals surface area (Å²) in [7, 11) is 0. The van der Waals surface area contributed by atoms with Crippen molar-refractivity contribution in [2.75, 3.05) is 10.6 Å². The zero-order valence-electron chi connectivity index (χ0n) is 10.6. The third kappa shape index (κ3) is 3.29. The highest BCUT2D eigenvalue weighted by Crippen LogP contribution is 2.13. The van der Waals surface area contributed by atoms with Gasteiger partial charge in [0.25, 0.3) is 0 Å². The summed E-state index contributed by atoms with van der Waals surface area (Å²) in [4.78, 5) is 30.5. The lowest BCUT2D eigenvalue weighted by Gasteiger charge is -2.09. The summed E-state index contributed by atoms with van der Waals surface area (Å²) in [6.45, 7) is 1.83. The number of carbonyl (C=O) groups excluding carboxylic acids is 1. The van der Waals surface area contributed by atoms with Gasteiger partial charge >= 0.3 is 12.0 Å². The lowest BCUT2D eigenvalue weighted by atomic mass is 10.3. The predicted molar refractivity (Wildman–Crippen MR) is 72.8 cm³/mol. The molecule has 2 aromatic heterocycles. The van der Waals surface area contributed by atoms with E-state index in [4.69, 9.17) is 5.11 Å². The highest BCUT2D eigenvalue weighted by atomic mass is 16.4. The van der Waals surface area contributed by atoms with Gasteiger partial charge in [-0.25, -0.2) is 14.6 Å². The fourth-order valence-electron chi connectivity index (χ4n) is 1.50. The molecule has 0 bridgehead atoms. The van der Waals surface area contributed by atoms with E-state index in [-0.39, 0.29) is 11.4 Å². The molecule has 0 aliphatic carbocycles. The number of carboxylic acid groups (broad SMARTS) is 1. The normalized spacial score (nSPS) is 9.85. The van der Waals surface area contributed by atoms with E-state index in [2.05, 4.69) is 20.6 Å². The Bertz CT molecular complexity index is 640. The molecule has 7 heteroatoms. The largest absolute Gasteiger partial charge is 0.476 e. The molecule has 2 heterocycles. The van der Waals surface area contributed by atoms with E-state index in [0.29, 0.717) is 5.69 Å². The lowest BCUT2D eigenvalue weighted by molar-refractivity contribution is 0.0692. The number of aromatic carboxylic acids is 1. The molecule has 102 valence electrons. The number of hydrogen-bond donors (Lipinski definition) is 3. The van der Waals surface area contributed by atoms with E-state index in [1.165, 1.54) is 24.5 Å². The standard InChI is InChI=1S/C13H12N4O3/c1-8-4-5-9(7-15-8)16-13(20)17-10-3-2-6-14-11(10)12(18)19/h2-7H,1H3,(H,18,19)(H2,16,17,20). The minimum atomic E-state index is -1.21. The molecule has 0 atom stereocenters. The molecule has 0 spiro atoms. The first-order valence-corrected chi connectivity index (χ1v) is 5.75. The Hall–Kier alpha value is -2.96. The number of anilines is 2. The van der Waals surface area contributed by atoms with E-state index in [1.807, 2.05) is 6.92 Å². The van der Waals surface area contributed by atoms with Crippen LogP contribution in [-0.4, -0.2) is 27.1 Å². The van der Waals surface area contributed by atoms with Crippen LogP contribution < -0.4 is 10.6 Å². The molecule has 0 unspecified atom stereocenters. The quantitative estimate of drug-likeness (QED) is 0.793.